The number of amides is 1. The number of methoxy groups -OCH3 is 1. The minimum absolute atomic E-state index is 0.00549. The van der Waals surface area contributed by atoms with Gasteiger partial charge in [0.2, 0.25) is 0 Å². The second-order valence-electron chi connectivity index (χ2n) is 5.10. The fraction of sp³-hybridized carbons (Fsp3) is 0.111. The van der Waals surface area contributed by atoms with Gasteiger partial charge in [-0.2, -0.15) is 18.4 Å². The lowest BCUT2D eigenvalue weighted by Crippen LogP contribution is -2.14. The first-order valence-electron chi connectivity index (χ1n) is 7.18. The van der Waals surface area contributed by atoms with Crippen molar-refractivity contribution in [2.45, 2.75) is 6.18 Å². The van der Waals surface area contributed by atoms with Gasteiger partial charge in [0.05, 0.1) is 12.7 Å². The third kappa shape index (κ3) is 4.60. The van der Waals surface area contributed by atoms with E-state index in [1.807, 2.05) is 0 Å². The summed E-state index contributed by atoms with van der Waals surface area (Å²) in [7, 11) is 1.29. The lowest BCUT2D eigenvalue weighted by atomic mass is 10.1. The van der Waals surface area contributed by atoms with Crippen LogP contribution in [0.2, 0.25) is 0 Å². The number of nitrogens with zero attached hydrogens (tertiary/aromatic N) is 1. The highest BCUT2D eigenvalue weighted by molar-refractivity contribution is 6.09. The average Bonchev–Trinajstić information content (AvgIpc) is 2.59. The molecule has 0 radical (unpaired) electrons. The molecule has 0 spiro atoms. The molecule has 0 bridgehead atoms. The molecule has 0 saturated carbocycles. The van der Waals surface area contributed by atoms with Crippen LogP contribution in [-0.2, 0) is 11.0 Å². The van der Waals surface area contributed by atoms with Crippen LogP contribution in [0.3, 0.4) is 0 Å². The molecule has 26 heavy (non-hydrogen) atoms. The van der Waals surface area contributed by atoms with E-state index in [-0.39, 0.29) is 17.0 Å². The number of benzene rings is 2. The predicted octanol–water partition coefficient (Wildman–Crippen LogP) is 4.40. The molecule has 0 aliphatic heterocycles. The smallest absolute Gasteiger partial charge is 0.416 e. The van der Waals surface area contributed by atoms with Crippen molar-refractivity contribution < 1.29 is 27.1 Å². The number of hydrogen-bond acceptors (Lipinski definition) is 3. The fourth-order valence-corrected chi connectivity index (χ4v) is 2.06. The summed E-state index contributed by atoms with van der Waals surface area (Å²) in [5.41, 5.74) is -1.23. The number of anilines is 1. The van der Waals surface area contributed by atoms with Crippen LogP contribution >= 0.6 is 0 Å². The molecule has 0 aromatic heterocycles. The van der Waals surface area contributed by atoms with Crippen molar-refractivity contribution >= 4 is 17.7 Å². The van der Waals surface area contributed by atoms with Gasteiger partial charge in [-0.1, -0.05) is 12.1 Å². The SMILES string of the molecule is COc1ccc(/C=C(\C#N)C(=O)Nc2cccc(C(F)(F)F)c2)cc1F. The number of hydrogen-bond donors (Lipinski definition) is 1. The summed E-state index contributed by atoms with van der Waals surface area (Å²) in [5, 5.41) is 11.3. The lowest BCUT2D eigenvalue weighted by Gasteiger charge is -2.09. The van der Waals surface area contributed by atoms with Gasteiger partial charge in [-0.3, -0.25) is 4.79 Å². The molecule has 134 valence electrons. The largest absolute Gasteiger partial charge is 0.494 e. The highest BCUT2D eigenvalue weighted by atomic mass is 19.4. The van der Waals surface area contributed by atoms with Gasteiger partial charge in [-0.25, -0.2) is 4.39 Å². The molecule has 2 aromatic rings. The lowest BCUT2D eigenvalue weighted by molar-refractivity contribution is -0.137. The summed E-state index contributed by atoms with van der Waals surface area (Å²) in [5.74, 6) is -1.60. The summed E-state index contributed by atoms with van der Waals surface area (Å²) >= 11 is 0. The highest BCUT2D eigenvalue weighted by Crippen LogP contribution is 2.30. The minimum atomic E-state index is -4.56. The van der Waals surface area contributed by atoms with Crippen LogP contribution in [0.1, 0.15) is 11.1 Å². The Hall–Kier alpha value is -3.34. The van der Waals surface area contributed by atoms with Crippen LogP contribution in [0.5, 0.6) is 5.75 Å². The number of ether oxygens (including phenoxy) is 1. The van der Waals surface area contributed by atoms with E-state index >= 15 is 0 Å². The van der Waals surface area contributed by atoms with Gasteiger partial charge in [-0.05, 0) is 42.0 Å². The second kappa shape index (κ2) is 7.70. The third-order valence-electron chi connectivity index (χ3n) is 3.30. The van der Waals surface area contributed by atoms with Crippen molar-refractivity contribution in [3.63, 3.8) is 0 Å². The number of carbonyl (C=O) groups excluding carboxylic acids is 1. The molecule has 0 fully saturated rings. The maximum absolute atomic E-state index is 13.7. The minimum Gasteiger partial charge on any atom is -0.494 e. The summed E-state index contributed by atoms with van der Waals surface area (Å²) in [6.45, 7) is 0. The van der Waals surface area contributed by atoms with Gasteiger partial charge in [0.25, 0.3) is 5.91 Å². The number of carbonyl (C=O) groups is 1. The van der Waals surface area contributed by atoms with E-state index in [2.05, 4.69) is 5.32 Å². The summed E-state index contributed by atoms with van der Waals surface area (Å²) in [6.07, 6.45) is -3.44. The highest BCUT2D eigenvalue weighted by Gasteiger charge is 2.30. The van der Waals surface area contributed by atoms with Crippen molar-refractivity contribution in [2.24, 2.45) is 0 Å². The molecule has 2 aromatic carbocycles. The third-order valence-corrected chi connectivity index (χ3v) is 3.30. The van der Waals surface area contributed by atoms with E-state index < -0.39 is 29.0 Å². The molecule has 0 aliphatic carbocycles. The zero-order valence-corrected chi connectivity index (χ0v) is 13.4. The van der Waals surface area contributed by atoms with Crippen LogP contribution in [0, 0.1) is 17.1 Å². The molecule has 4 nitrogen and oxygen atoms in total. The van der Waals surface area contributed by atoms with E-state index in [0.29, 0.717) is 0 Å². The Kier molecular flexibility index (Phi) is 5.62. The van der Waals surface area contributed by atoms with E-state index in [1.54, 1.807) is 6.07 Å². The molecule has 0 unspecified atom stereocenters. The van der Waals surface area contributed by atoms with Gasteiger partial charge < -0.3 is 10.1 Å². The van der Waals surface area contributed by atoms with E-state index in [0.717, 1.165) is 30.3 Å². The molecule has 0 saturated heterocycles. The Bertz CT molecular complexity index is 899. The molecule has 2 rings (SSSR count). The van der Waals surface area contributed by atoms with Gasteiger partial charge in [0.15, 0.2) is 11.6 Å². The Morgan fingerprint density at radius 3 is 2.54 bits per heavy atom. The normalized spacial score (nSPS) is 11.6. The van der Waals surface area contributed by atoms with Crippen LogP contribution < -0.4 is 10.1 Å². The number of alkyl halides is 3. The second-order valence-corrected chi connectivity index (χ2v) is 5.10. The molecule has 0 atom stereocenters. The molecule has 1 N–H and O–H groups in total. The van der Waals surface area contributed by atoms with E-state index in [1.165, 1.54) is 25.3 Å². The fourth-order valence-electron chi connectivity index (χ4n) is 2.06. The van der Waals surface area contributed by atoms with Crippen molar-refractivity contribution in [1.82, 2.24) is 0 Å². The van der Waals surface area contributed by atoms with Crippen molar-refractivity contribution in [3.8, 4) is 11.8 Å². The monoisotopic (exact) mass is 364 g/mol. The topological polar surface area (TPSA) is 62.1 Å². The standard InChI is InChI=1S/C18H12F4N2O2/c1-26-16-6-5-11(8-15(16)19)7-12(10-23)17(25)24-14-4-2-3-13(9-14)18(20,21)22/h2-9H,1H3,(H,24,25)/b12-7+. The van der Waals surface area contributed by atoms with Gasteiger partial charge in [0, 0.05) is 5.69 Å². The van der Waals surface area contributed by atoms with Gasteiger partial charge in [-0.15, -0.1) is 0 Å². The maximum Gasteiger partial charge on any atom is 0.416 e. The molecule has 1 amide bonds. The van der Waals surface area contributed by atoms with E-state index in [9.17, 15) is 22.4 Å². The zero-order valence-electron chi connectivity index (χ0n) is 13.4. The molecule has 8 heteroatoms. The van der Waals surface area contributed by atoms with Gasteiger partial charge >= 0.3 is 6.18 Å². The Labute approximate surface area is 146 Å². The molecular weight excluding hydrogens is 352 g/mol. The van der Waals surface area contributed by atoms with E-state index in [4.69, 9.17) is 10.00 Å². The first kappa shape index (κ1) is 19.0. The Balaban J connectivity index is 2.24. The van der Waals surface area contributed by atoms with Crippen LogP contribution in [0.25, 0.3) is 6.08 Å². The summed E-state index contributed by atoms with van der Waals surface area (Å²) < 4.78 is 56.5. The quantitative estimate of drug-likeness (QED) is 0.497. The number of rotatable bonds is 4. The predicted molar refractivity (Wildman–Crippen MR) is 86.6 cm³/mol. The van der Waals surface area contributed by atoms with Gasteiger partial charge in [0.1, 0.15) is 11.6 Å². The molecule has 0 heterocycles. The van der Waals surface area contributed by atoms with Crippen molar-refractivity contribution in [2.75, 3.05) is 12.4 Å². The van der Waals surface area contributed by atoms with Crippen molar-refractivity contribution in [1.29, 1.82) is 5.26 Å². The molecule has 0 aliphatic rings. The van der Waals surface area contributed by atoms with Crippen LogP contribution in [0.4, 0.5) is 23.2 Å². The molecular formula is C18H12F4N2O2. The van der Waals surface area contributed by atoms with Crippen molar-refractivity contribution in [3.05, 3.63) is 65.0 Å². The summed E-state index contributed by atoms with van der Waals surface area (Å²) in [4.78, 5) is 12.1. The maximum atomic E-state index is 13.7. The number of nitrogens with one attached hydrogen (secondary N) is 1. The number of nitriles is 1. The average molecular weight is 364 g/mol. The number of halogens is 4. The Morgan fingerprint density at radius 2 is 1.96 bits per heavy atom. The Morgan fingerprint density at radius 1 is 1.23 bits per heavy atom. The first-order chi connectivity index (χ1) is 12.2. The van der Waals surface area contributed by atoms with Crippen LogP contribution in [-0.4, -0.2) is 13.0 Å². The first-order valence-corrected chi connectivity index (χ1v) is 7.18. The van der Waals surface area contributed by atoms with Crippen LogP contribution in [0.15, 0.2) is 48.0 Å². The zero-order chi connectivity index (χ0) is 19.3. The summed E-state index contributed by atoms with van der Waals surface area (Å²) in [6, 6.07) is 9.45.